The number of hydrogen-bond acceptors (Lipinski definition) is 5. The van der Waals surface area contributed by atoms with Gasteiger partial charge in [0.05, 0.1) is 13.7 Å². The topological polar surface area (TPSA) is 84.7 Å². The summed E-state index contributed by atoms with van der Waals surface area (Å²) in [4.78, 5) is 30.8. The molecule has 0 saturated heterocycles. The average molecular weight is 430 g/mol. The molecule has 170 valence electrons. The van der Waals surface area contributed by atoms with E-state index in [4.69, 9.17) is 4.42 Å². The minimum atomic E-state index is -0.565. The average Bonchev–Trinajstić information content (AvgIpc) is 3.21. The van der Waals surface area contributed by atoms with Crippen LogP contribution in [-0.2, 0) is 11.3 Å². The summed E-state index contributed by atoms with van der Waals surface area (Å²) in [6, 6.07) is 5.96. The summed E-state index contributed by atoms with van der Waals surface area (Å²) in [5.41, 5.74) is 3.19. The Bertz CT molecular complexity index is 847. The van der Waals surface area contributed by atoms with Gasteiger partial charge in [-0.05, 0) is 29.4 Å². The van der Waals surface area contributed by atoms with Gasteiger partial charge in [-0.2, -0.15) is 0 Å². The number of hydrogen-bond donors (Lipinski definition) is 1. The van der Waals surface area contributed by atoms with E-state index >= 15 is 0 Å². The first-order chi connectivity index (χ1) is 14.8. The summed E-state index contributed by atoms with van der Waals surface area (Å²) >= 11 is 0. The van der Waals surface area contributed by atoms with E-state index in [1.54, 1.807) is 4.90 Å². The first-order valence-corrected chi connectivity index (χ1v) is 11.0. The summed E-state index contributed by atoms with van der Waals surface area (Å²) < 4.78 is 10.1. The second kappa shape index (κ2) is 11.5. The molecular formula is C24H35N3O4. The number of amides is 2. The van der Waals surface area contributed by atoms with E-state index in [1.807, 2.05) is 6.07 Å². The summed E-state index contributed by atoms with van der Waals surface area (Å²) in [7, 11) is 1.29. The van der Waals surface area contributed by atoms with Crippen molar-refractivity contribution in [2.75, 3.05) is 19.0 Å². The first kappa shape index (κ1) is 24.4. The Hall–Kier alpha value is -2.83. The molecule has 0 atom stereocenters. The van der Waals surface area contributed by atoms with Crippen LogP contribution in [0.25, 0.3) is 0 Å². The molecule has 0 unspecified atom stereocenters. The zero-order valence-corrected chi connectivity index (χ0v) is 19.5. The van der Waals surface area contributed by atoms with Crippen LogP contribution in [0.3, 0.4) is 0 Å². The number of nitrogens with zero attached hydrogens (tertiary/aromatic N) is 2. The molecule has 7 heteroatoms. The molecule has 2 aromatic rings. The predicted octanol–water partition coefficient (Wildman–Crippen LogP) is 5.93. The lowest BCUT2D eigenvalue weighted by molar-refractivity contribution is 0.0594. The van der Waals surface area contributed by atoms with E-state index in [9.17, 15) is 9.59 Å². The van der Waals surface area contributed by atoms with Gasteiger partial charge >= 0.3 is 12.0 Å². The molecule has 0 bridgehead atoms. The van der Waals surface area contributed by atoms with E-state index < -0.39 is 5.97 Å². The molecule has 0 spiro atoms. The number of aromatic nitrogens is 1. The molecule has 1 N–H and O–H groups in total. The second-order valence-electron chi connectivity index (χ2n) is 8.30. The molecule has 0 saturated carbocycles. The Morgan fingerprint density at radius 3 is 2.32 bits per heavy atom. The molecule has 1 aromatic heterocycles. The number of oxazole rings is 1. The number of methoxy groups -OCH3 is 1. The maximum Gasteiger partial charge on any atom is 0.360 e. The highest BCUT2D eigenvalue weighted by Gasteiger charge is 2.22. The number of nitrogens with one attached hydrogen (secondary N) is 1. The smallest absolute Gasteiger partial charge is 0.360 e. The van der Waals surface area contributed by atoms with Gasteiger partial charge in [0.15, 0.2) is 5.69 Å². The van der Waals surface area contributed by atoms with Gasteiger partial charge in [-0.3, -0.25) is 0 Å². The Morgan fingerprint density at radius 2 is 1.77 bits per heavy atom. The fourth-order valence-corrected chi connectivity index (χ4v) is 3.43. The number of unbranched alkanes of at least 4 members (excludes halogenated alkanes) is 2. The lowest BCUT2D eigenvalue weighted by Crippen LogP contribution is -2.36. The predicted molar refractivity (Wildman–Crippen MR) is 121 cm³/mol. The molecule has 1 heterocycles. The molecule has 1 aromatic carbocycles. The second-order valence-corrected chi connectivity index (χ2v) is 8.30. The normalized spacial score (nSPS) is 11.1. The van der Waals surface area contributed by atoms with Gasteiger partial charge in [-0.1, -0.05) is 65.7 Å². The van der Waals surface area contributed by atoms with Crippen LogP contribution in [0.15, 0.2) is 28.9 Å². The Kier molecular flexibility index (Phi) is 9.09. The molecule has 0 aliphatic rings. The summed E-state index contributed by atoms with van der Waals surface area (Å²) in [6.45, 7) is 11.3. The zero-order chi connectivity index (χ0) is 23.0. The lowest BCUT2D eigenvalue weighted by atomic mass is 9.93. The van der Waals surface area contributed by atoms with Crippen molar-refractivity contribution in [2.24, 2.45) is 0 Å². The Morgan fingerprint density at radius 1 is 1.13 bits per heavy atom. The third kappa shape index (κ3) is 6.57. The van der Waals surface area contributed by atoms with Crippen LogP contribution in [0.4, 0.5) is 10.5 Å². The fraction of sp³-hybridized carbons (Fsp3) is 0.542. The number of ether oxygens (including phenoxy) is 1. The lowest BCUT2D eigenvalue weighted by Gasteiger charge is -2.25. The summed E-state index contributed by atoms with van der Waals surface area (Å²) in [5.74, 6) is 0.284. The minimum absolute atomic E-state index is 0.0960. The summed E-state index contributed by atoms with van der Waals surface area (Å²) in [5, 5.41) is 3.16. The van der Waals surface area contributed by atoms with Crippen LogP contribution >= 0.6 is 0 Å². The number of rotatable bonds is 10. The van der Waals surface area contributed by atoms with Crippen LogP contribution in [0, 0.1) is 0 Å². The largest absolute Gasteiger partial charge is 0.464 e. The number of carbonyl (C=O) groups excluding carboxylic acids is 2. The Balaban J connectivity index is 2.28. The molecular weight excluding hydrogens is 394 g/mol. The van der Waals surface area contributed by atoms with Gasteiger partial charge in [0.2, 0.25) is 5.89 Å². The van der Waals surface area contributed by atoms with Crippen molar-refractivity contribution in [3.8, 4) is 0 Å². The monoisotopic (exact) mass is 429 g/mol. The number of esters is 1. The Labute approximate surface area is 185 Å². The molecule has 7 nitrogen and oxygen atoms in total. The van der Waals surface area contributed by atoms with Crippen molar-refractivity contribution in [2.45, 2.75) is 72.3 Å². The van der Waals surface area contributed by atoms with E-state index in [1.165, 1.54) is 13.4 Å². The van der Waals surface area contributed by atoms with Gasteiger partial charge in [-0.25, -0.2) is 14.6 Å². The number of carbonyl (C=O) groups is 2. The van der Waals surface area contributed by atoms with Gasteiger partial charge in [0, 0.05) is 12.2 Å². The number of benzene rings is 1. The highest BCUT2D eigenvalue weighted by atomic mass is 16.5. The molecule has 31 heavy (non-hydrogen) atoms. The molecule has 0 aliphatic carbocycles. The van der Waals surface area contributed by atoms with Crippen LogP contribution < -0.4 is 5.32 Å². The number of para-hydroxylation sites is 1. The van der Waals surface area contributed by atoms with Crippen molar-refractivity contribution >= 4 is 17.7 Å². The molecule has 0 radical (unpaired) electrons. The van der Waals surface area contributed by atoms with Gasteiger partial charge in [-0.15, -0.1) is 0 Å². The molecule has 0 aliphatic heterocycles. The van der Waals surface area contributed by atoms with E-state index in [0.29, 0.717) is 12.4 Å². The maximum atomic E-state index is 13.3. The number of urea groups is 1. The van der Waals surface area contributed by atoms with Crippen molar-refractivity contribution < 1.29 is 18.7 Å². The van der Waals surface area contributed by atoms with E-state index in [0.717, 1.165) is 36.1 Å². The highest BCUT2D eigenvalue weighted by Crippen LogP contribution is 2.32. The molecule has 2 rings (SSSR count). The van der Waals surface area contributed by atoms with Crippen LogP contribution in [0.1, 0.15) is 93.2 Å². The van der Waals surface area contributed by atoms with Crippen LogP contribution in [0.2, 0.25) is 0 Å². The van der Waals surface area contributed by atoms with E-state index in [-0.39, 0.29) is 30.1 Å². The van der Waals surface area contributed by atoms with Crippen LogP contribution in [0.5, 0.6) is 0 Å². The van der Waals surface area contributed by atoms with E-state index in [2.05, 4.69) is 61.8 Å². The quantitative estimate of drug-likeness (QED) is 0.374. The van der Waals surface area contributed by atoms with Gasteiger partial charge in [0.1, 0.15) is 6.26 Å². The zero-order valence-electron chi connectivity index (χ0n) is 19.5. The van der Waals surface area contributed by atoms with Crippen molar-refractivity contribution in [1.29, 1.82) is 0 Å². The third-order valence-corrected chi connectivity index (χ3v) is 5.20. The molecule has 2 amide bonds. The highest BCUT2D eigenvalue weighted by molar-refractivity contribution is 5.91. The van der Waals surface area contributed by atoms with Crippen molar-refractivity contribution in [3.05, 3.63) is 47.2 Å². The summed E-state index contributed by atoms with van der Waals surface area (Å²) in [6.07, 6.45) is 4.20. The van der Waals surface area contributed by atoms with Gasteiger partial charge < -0.3 is 19.4 Å². The standard InChI is InChI=1S/C24H35N3O4/c1-7-8-9-13-27(14-21-25-20(15-31-21)23(28)30-6)24(29)26-22-18(16(2)3)11-10-12-19(22)17(4)5/h10-12,15-17H,7-9,13-14H2,1-6H3,(H,26,29). The van der Waals surface area contributed by atoms with Crippen molar-refractivity contribution in [1.82, 2.24) is 9.88 Å². The SMILES string of the molecule is CCCCCN(Cc1nc(C(=O)OC)co1)C(=O)Nc1c(C(C)C)cccc1C(C)C. The fourth-order valence-electron chi connectivity index (χ4n) is 3.43. The minimum Gasteiger partial charge on any atom is -0.464 e. The number of anilines is 1. The van der Waals surface area contributed by atoms with Gasteiger partial charge in [0.25, 0.3) is 0 Å². The third-order valence-electron chi connectivity index (χ3n) is 5.20. The van der Waals surface area contributed by atoms with Crippen LogP contribution in [-0.4, -0.2) is 35.5 Å². The first-order valence-electron chi connectivity index (χ1n) is 11.0. The maximum absolute atomic E-state index is 13.3. The van der Waals surface area contributed by atoms with Crippen molar-refractivity contribution in [3.63, 3.8) is 0 Å². The molecule has 0 fully saturated rings.